The molecule has 27 heavy (non-hydrogen) atoms. The Kier molecular flexibility index (Phi) is 5.91. The van der Waals surface area contributed by atoms with E-state index in [1.807, 2.05) is 62.4 Å². The third-order valence-electron chi connectivity index (χ3n) is 4.43. The molecule has 0 bridgehead atoms. The number of aromatic nitrogens is 1. The number of oxazole rings is 1. The molecule has 0 aliphatic heterocycles. The molecule has 1 N–H and O–H groups in total. The van der Waals surface area contributed by atoms with Crippen LogP contribution < -0.4 is 10.1 Å². The summed E-state index contributed by atoms with van der Waals surface area (Å²) in [5.41, 5.74) is 3.80. The second-order valence-corrected chi connectivity index (χ2v) is 6.47. The fraction of sp³-hybridized carbons (Fsp3) is 0.273. The standard InChI is InChI=1S/C22H24N2O3/c1-15-9-10-17(13-20(15)26-3)14-21(25)23-12-11-19-16(2)27-22(24-19)18-7-5-4-6-8-18/h4-10,13H,11-12,14H2,1-3H3,(H,23,25). The van der Waals surface area contributed by atoms with Gasteiger partial charge in [-0.05, 0) is 43.2 Å². The lowest BCUT2D eigenvalue weighted by Gasteiger charge is -2.08. The summed E-state index contributed by atoms with van der Waals surface area (Å²) in [6.45, 7) is 4.39. The molecule has 0 spiro atoms. The number of carbonyl (C=O) groups is 1. The van der Waals surface area contributed by atoms with E-state index < -0.39 is 0 Å². The summed E-state index contributed by atoms with van der Waals surface area (Å²) in [7, 11) is 1.64. The van der Waals surface area contributed by atoms with Crippen molar-refractivity contribution < 1.29 is 13.9 Å². The highest BCUT2D eigenvalue weighted by atomic mass is 16.5. The van der Waals surface area contributed by atoms with E-state index in [4.69, 9.17) is 9.15 Å². The molecule has 0 fully saturated rings. The third kappa shape index (κ3) is 4.76. The van der Waals surface area contributed by atoms with Crippen LogP contribution in [0.2, 0.25) is 0 Å². The molecular weight excluding hydrogens is 340 g/mol. The van der Waals surface area contributed by atoms with E-state index in [1.54, 1.807) is 7.11 Å². The lowest BCUT2D eigenvalue weighted by molar-refractivity contribution is -0.120. The van der Waals surface area contributed by atoms with Gasteiger partial charge in [0.05, 0.1) is 19.2 Å². The Bertz CT molecular complexity index is 917. The number of hydrogen-bond acceptors (Lipinski definition) is 4. The molecule has 0 radical (unpaired) electrons. The van der Waals surface area contributed by atoms with Gasteiger partial charge in [-0.3, -0.25) is 4.79 Å². The van der Waals surface area contributed by atoms with E-state index in [0.29, 0.717) is 25.3 Å². The molecule has 0 atom stereocenters. The first-order chi connectivity index (χ1) is 13.1. The van der Waals surface area contributed by atoms with Crippen LogP contribution in [0.1, 0.15) is 22.6 Å². The van der Waals surface area contributed by atoms with E-state index in [-0.39, 0.29) is 5.91 Å². The van der Waals surface area contributed by atoms with Crippen molar-refractivity contribution >= 4 is 5.91 Å². The van der Waals surface area contributed by atoms with Gasteiger partial charge >= 0.3 is 0 Å². The van der Waals surface area contributed by atoms with Crippen LogP contribution in [0.4, 0.5) is 0 Å². The number of rotatable bonds is 7. The summed E-state index contributed by atoms with van der Waals surface area (Å²) in [5.74, 6) is 2.17. The van der Waals surface area contributed by atoms with Crippen molar-refractivity contribution in [3.8, 4) is 17.2 Å². The second-order valence-electron chi connectivity index (χ2n) is 6.47. The molecule has 0 unspecified atom stereocenters. The topological polar surface area (TPSA) is 64.4 Å². The lowest BCUT2D eigenvalue weighted by Crippen LogP contribution is -2.27. The number of aryl methyl sites for hydroxylation is 2. The van der Waals surface area contributed by atoms with Crippen molar-refractivity contribution in [1.82, 2.24) is 10.3 Å². The summed E-state index contributed by atoms with van der Waals surface area (Å²) >= 11 is 0. The summed E-state index contributed by atoms with van der Waals surface area (Å²) in [4.78, 5) is 16.8. The zero-order valence-electron chi connectivity index (χ0n) is 15.9. The van der Waals surface area contributed by atoms with Crippen molar-refractivity contribution in [2.45, 2.75) is 26.7 Å². The Morgan fingerprint density at radius 3 is 2.67 bits per heavy atom. The number of hydrogen-bond donors (Lipinski definition) is 1. The minimum absolute atomic E-state index is 0.0228. The molecule has 2 aromatic carbocycles. The Labute approximate surface area is 159 Å². The maximum absolute atomic E-state index is 12.2. The average Bonchev–Trinajstić information content (AvgIpc) is 3.05. The normalized spacial score (nSPS) is 10.6. The predicted octanol–water partition coefficient (Wildman–Crippen LogP) is 3.87. The minimum atomic E-state index is -0.0228. The zero-order chi connectivity index (χ0) is 19.2. The van der Waals surface area contributed by atoms with Crippen LogP contribution in [0.25, 0.3) is 11.5 Å². The fourth-order valence-electron chi connectivity index (χ4n) is 2.91. The molecule has 1 amide bonds. The highest BCUT2D eigenvalue weighted by Crippen LogP contribution is 2.21. The molecule has 0 saturated heterocycles. The monoisotopic (exact) mass is 364 g/mol. The number of nitrogens with one attached hydrogen (secondary N) is 1. The van der Waals surface area contributed by atoms with Gasteiger partial charge in [-0.2, -0.15) is 0 Å². The van der Waals surface area contributed by atoms with E-state index in [2.05, 4.69) is 10.3 Å². The van der Waals surface area contributed by atoms with Crippen LogP contribution in [0.3, 0.4) is 0 Å². The van der Waals surface area contributed by atoms with Crippen molar-refractivity contribution in [3.05, 3.63) is 71.1 Å². The highest BCUT2D eigenvalue weighted by molar-refractivity contribution is 5.78. The fourth-order valence-corrected chi connectivity index (χ4v) is 2.91. The number of amides is 1. The molecule has 1 heterocycles. The van der Waals surface area contributed by atoms with Crippen LogP contribution in [-0.2, 0) is 17.6 Å². The second kappa shape index (κ2) is 8.54. The summed E-state index contributed by atoms with van der Waals surface area (Å²) in [6, 6.07) is 15.6. The first kappa shape index (κ1) is 18.7. The maximum atomic E-state index is 12.2. The van der Waals surface area contributed by atoms with Gasteiger partial charge in [-0.25, -0.2) is 4.98 Å². The number of ether oxygens (including phenoxy) is 1. The van der Waals surface area contributed by atoms with Crippen LogP contribution in [0.5, 0.6) is 5.75 Å². The lowest BCUT2D eigenvalue weighted by atomic mass is 10.1. The van der Waals surface area contributed by atoms with E-state index >= 15 is 0 Å². The summed E-state index contributed by atoms with van der Waals surface area (Å²) in [6.07, 6.45) is 0.953. The van der Waals surface area contributed by atoms with E-state index in [0.717, 1.165) is 33.9 Å². The minimum Gasteiger partial charge on any atom is -0.496 e. The molecule has 5 heteroatoms. The number of methoxy groups -OCH3 is 1. The first-order valence-corrected chi connectivity index (χ1v) is 8.98. The van der Waals surface area contributed by atoms with Crippen molar-refractivity contribution in [3.63, 3.8) is 0 Å². The number of nitrogens with zero attached hydrogens (tertiary/aromatic N) is 1. The Morgan fingerprint density at radius 1 is 1.15 bits per heavy atom. The third-order valence-corrected chi connectivity index (χ3v) is 4.43. The van der Waals surface area contributed by atoms with Gasteiger partial charge in [0.25, 0.3) is 0 Å². The van der Waals surface area contributed by atoms with Gasteiger partial charge in [0.15, 0.2) is 0 Å². The van der Waals surface area contributed by atoms with E-state index in [1.165, 1.54) is 0 Å². The van der Waals surface area contributed by atoms with Crippen LogP contribution in [-0.4, -0.2) is 24.5 Å². The molecule has 0 aliphatic carbocycles. The van der Waals surface area contributed by atoms with Gasteiger partial charge in [0, 0.05) is 18.5 Å². The Hall–Kier alpha value is -3.08. The molecule has 5 nitrogen and oxygen atoms in total. The smallest absolute Gasteiger partial charge is 0.226 e. The molecule has 3 rings (SSSR count). The maximum Gasteiger partial charge on any atom is 0.226 e. The van der Waals surface area contributed by atoms with Gasteiger partial charge in [0.2, 0.25) is 11.8 Å². The molecule has 140 valence electrons. The van der Waals surface area contributed by atoms with E-state index in [9.17, 15) is 4.79 Å². The van der Waals surface area contributed by atoms with Gasteiger partial charge in [-0.15, -0.1) is 0 Å². The zero-order valence-corrected chi connectivity index (χ0v) is 15.9. The van der Waals surface area contributed by atoms with Crippen LogP contribution >= 0.6 is 0 Å². The predicted molar refractivity (Wildman–Crippen MR) is 105 cm³/mol. The van der Waals surface area contributed by atoms with Crippen molar-refractivity contribution in [2.75, 3.05) is 13.7 Å². The highest BCUT2D eigenvalue weighted by Gasteiger charge is 2.12. The van der Waals surface area contributed by atoms with Crippen LogP contribution in [0.15, 0.2) is 52.9 Å². The Morgan fingerprint density at radius 2 is 1.93 bits per heavy atom. The van der Waals surface area contributed by atoms with Crippen molar-refractivity contribution in [2.24, 2.45) is 0 Å². The summed E-state index contributed by atoms with van der Waals surface area (Å²) < 4.78 is 11.1. The number of benzene rings is 2. The average molecular weight is 364 g/mol. The molecule has 3 aromatic rings. The molecule has 0 saturated carbocycles. The summed E-state index contributed by atoms with van der Waals surface area (Å²) in [5, 5.41) is 2.95. The van der Waals surface area contributed by atoms with Gasteiger partial charge < -0.3 is 14.5 Å². The number of carbonyl (C=O) groups excluding carboxylic acids is 1. The molecule has 0 aliphatic rings. The van der Waals surface area contributed by atoms with Crippen molar-refractivity contribution in [1.29, 1.82) is 0 Å². The largest absolute Gasteiger partial charge is 0.496 e. The van der Waals surface area contributed by atoms with Crippen LogP contribution in [0, 0.1) is 13.8 Å². The Balaban J connectivity index is 1.54. The molecule has 1 aromatic heterocycles. The van der Waals surface area contributed by atoms with Gasteiger partial charge in [0.1, 0.15) is 11.5 Å². The quantitative estimate of drug-likeness (QED) is 0.691. The SMILES string of the molecule is COc1cc(CC(=O)NCCc2nc(-c3ccccc3)oc2C)ccc1C. The van der Waals surface area contributed by atoms with Gasteiger partial charge in [-0.1, -0.05) is 30.3 Å². The first-order valence-electron chi connectivity index (χ1n) is 8.98. The molecular formula is C22H24N2O3.